The van der Waals surface area contributed by atoms with Gasteiger partial charge in [-0.1, -0.05) is 26.7 Å². The third-order valence-electron chi connectivity index (χ3n) is 5.05. The van der Waals surface area contributed by atoms with Crippen LogP contribution in [0.5, 0.6) is 0 Å². The molecule has 1 aromatic rings. The van der Waals surface area contributed by atoms with Crippen molar-refractivity contribution in [1.29, 1.82) is 0 Å². The van der Waals surface area contributed by atoms with Crippen LogP contribution >= 0.6 is 0 Å². The molecule has 1 aliphatic heterocycles. The van der Waals surface area contributed by atoms with Crippen molar-refractivity contribution in [2.24, 2.45) is 10.9 Å². The van der Waals surface area contributed by atoms with Crippen molar-refractivity contribution in [3.05, 3.63) is 23.7 Å². The van der Waals surface area contributed by atoms with Crippen molar-refractivity contribution in [2.45, 2.75) is 46.6 Å². The molecule has 6 nitrogen and oxygen atoms in total. The van der Waals surface area contributed by atoms with E-state index < -0.39 is 0 Å². The number of nitrogens with zero attached hydrogens (tertiary/aromatic N) is 2. The summed E-state index contributed by atoms with van der Waals surface area (Å²) < 4.78 is 11.5. The number of nitrogens with one attached hydrogen (secondary N) is 2. The van der Waals surface area contributed by atoms with E-state index in [2.05, 4.69) is 42.4 Å². The summed E-state index contributed by atoms with van der Waals surface area (Å²) in [6.45, 7) is 14.5. The number of aliphatic imine (C=N–C) groups is 1. The van der Waals surface area contributed by atoms with E-state index in [0.29, 0.717) is 5.92 Å². The number of rotatable bonds is 9. The van der Waals surface area contributed by atoms with Crippen LogP contribution in [0.2, 0.25) is 0 Å². The second-order valence-corrected chi connectivity index (χ2v) is 6.90. The Balaban J connectivity index is 2.03. The summed E-state index contributed by atoms with van der Waals surface area (Å²) in [4.78, 5) is 7.22. The van der Waals surface area contributed by atoms with E-state index in [4.69, 9.17) is 14.1 Å². The minimum atomic E-state index is 0.185. The molecule has 2 N–H and O–H groups in total. The van der Waals surface area contributed by atoms with Crippen molar-refractivity contribution in [3.8, 4) is 0 Å². The van der Waals surface area contributed by atoms with Crippen molar-refractivity contribution in [1.82, 2.24) is 15.5 Å². The van der Waals surface area contributed by atoms with Gasteiger partial charge < -0.3 is 19.8 Å². The summed E-state index contributed by atoms with van der Waals surface area (Å²) in [5.41, 5.74) is 0. The molecule has 0 saturated carbocycles. The Morgan fingerprint density at radius 1 is 1.15 bits per heavy atom. The zero-order chi connectivity index (χ0) is 18.8. The molecule has 26 heavy (non-hydrogen) atoms. The van der Waals surface area contributed by atoms with E-state index >= 15 is 0 Å². The van der Waals surface area contributed by atoms with E-state index in [1.54, 1.807) is 0 Å². The largest absolute Gasteiger partial charge is 0.465 e. The second-order valence-electron chi connectivity index (χ2n) is 6.90. The molecule has 1 unspecified atom stereocenters. The Morgan fingerprint density at radius 3 is 2.46 bits per heavy atom. The first-order valence-corrected chi connectivity index (χ1v) is 10.1. The lowest BCUT2D eigenvalue weighted by atomic mass is 10.0. The maximum Gasteiger partial charge on any atom is 0.191 e. The first kappa shape index (κ1) is 20.8. The Morgan fingerprint density at radius 2 is 1.88 bits per heavy atom. The highest BCUT2D eigenvalue weighted by Gasteiger charge is 2.25. The number of aryl methyl sites for hydroxylation is 1. The van der Waals surface area contributed by atoms with Crippen molar-refractivity contribution in [3.63, 3.8) is 0 Å². The summed E-state index contributed by atoms with van der Waals surface area (Å²) in [5.74, 6) is 3.49. The third kappa shape index (κ3) is 6.32. The Kier molecular flexibility index (Phi) is 8.98. The molecule has 0 bridgehead atoms. The Bertz CT molecular complexity index is 534. The normalized spacial score (nSPS) is 17.5. The van der Waals surface area contributed by atoms with Crippen LogP contribution in [-0.2, 0) is 4.74 Å². The highest BCUT2D eigenvalue weighted by atomic mass is 16.5. The lowest BCUT2D eigenvalue weighted by Gasteiger charge is -2.33. The van der Waals surface area contributed by atoms with Crippen LogP contribution in [0.15, 0.2) is 21.5 Å². The summed E-state index contributed by atoms with van der Waals surface area (Å²) in [5, 5.41) is 6.89. The highest BCUT2D eigenvalue weighted by molar-refractivity contribution is 5.79. The van der Waals surface area contributed by atoms with Gasteiger partial charge in [-0.3, -0.25) is 9.89 Å². The zero-order valence-electron chi connectivity index (χ0n) is 16.9. The van der Waals surface area contributed by atoms with Crippen molar-refractivity contribution in [2.75, 3.05) is 45.9 Å². The monoisotopic (exact) mass is 364 g/mol. The van der Waals surface area contributed by atoms with Gasteiger partial charge in [-0.25, -0.2) is 0 Å². The minimum Gasteiger partial charge on any atom is -0.465 e. The summed E-state index contributed by atoms with van der Waals surface area (Å²) >= 11 is 0. The van der Waals surface area contributed by atoms with Gasteiger partial charge in [0.15, 0.2) is 5.96 Å². The average Bonchev–Trinajstić information content (AvgIpc) is 3.09. The molecule has 0 aliphatic carbocycles. The van der Waals surface area contributed by atoms with Gasteiger partial charge >= 0.3 is 0 Å². The van der Waals surface area contributed by atoms with Gasteiger partial charge in [0.1, 0.15) is 11.5 Å². The smallest absolute Gasteiger partial charge is 0.191 e. The molecule has 0 radical (unpaired) electrons. The fourth-order valence-corrected chi connectivity index (χ4v) is 3.23. The van der Waals surface area contributed by atoms with Crippen LogP contribution in [0.3, 0.4) is 0 Å². The van der Waals surface area contributed by atoms with E-state index in [1.165, 1.54) is 12.8 Å². The number of ether oxygens (including phenoxy) is 1. The number of hydrogen-bond acceptors (Lipinski definition) is 4. The van der Waals surface area contributed by atoms with Gasteiger partial charge in [-0.05, 0) is 31.9 Å². The molecule has 2 heterocycles. The van der Waals surface area contributed by atoms with Gasteiger partial charge in [0.2, 0.25) is 0 Å². The van der Waals surface area contributed by atoms with Crippen LogP contribution < -0.4 is 10.6 Å². The molecule has 148 valence electrons. The van der Waals surface area contributed by atoms with E-state index in [9.17, 15) is 0 Å². The quantitative estimate of drug-likeness (QED) is 0.521. The first-order valence-electron chi connectivity index (χ1n) is 10.1. The predicted molar refractivity (Wildman–Crippen MR) is 107 cm³/mol. The molecular formula is C20H36N4O2. The predicted octanol–water partition coefficient (Wildman–Crippen LogP) is 2.95. The fourth-order valence-electron chi connectivity index (χ4n) is 3.23. The maximum absolute atomic E-state index is 5.94. The molecule has 0 spiro atoms. The first-order chi connectivity index (χ1) is 12.7. The molecule has 2 rings (SSSR count). The van der Waals surface area contributed by atoms with Crippen LogP contribution in [-0.4, -0.2) is 56.8 Å². The van der Waals surface area contributed by atoms with Gasteiger partial charge in [0.05, 0.1) is 19.3 Å². The van der Waals surface area contributed by atoms with E-state index in [-0.39, 0.29) is 6.04 Å². The molecule has 0 amide bonds. The van der Waals surface area contributed by atoms with Gasteiger partial charge in [0, 0.05) is 32.7 Å². The van der Waals surface area contributed by atoms with Crippen molar-refractivity contribution >= 4 is 5.96 Å². The lowest BCUT2D eigenvalue weighted by Crippen LogP contribution is -2.46. The summed E-state index contributed by atoms with van der Waals surface area (Å²) in [6.07, 6.45) is 2.34. The molecule has 1 fully saturated rings. The molecule has 1 atom stereocenters. The van der Waals surface area contributed by atoms with E-state index in [0.717, 1.165) is 63.4 Å². The zero-order valence-corrected chi connectivity index (χ0v) is 16.9. The SMILES string of the molecule is CCNC(=NCC(CC)CC)NCC(c1ccc(C)o1)N1CCOCC1. The molecule has 0 aromatic carbocycles. The van der Waals surface area contributed by atoms with Gasteiger partial charge in [-0.15, -0.1) is 0 Å². The fraction of sp³-hybridized carbons (Fsp3) is 0.750. The second kappa shape index (κ2) is 11.2. The average molecular weight is 365 g/mol. The highest BCUT2D eigenvalue weighted by Crippen LogP contribution is 2.23. The van der Waals surface area contributed by atoms with Gasteiger partial charge in [-0.2, -0.15) is 0 Å². The van der Waals surface area contributed by atoms with Crippen LogP contribution in [0.25, 0.3) is 0 Å². The molecule has 1 aromatic heterocycles. The number of morpholine rings is 1. The topological polar surface area (TPSA) is 62.0 Å². The maximum atomic E-state index is 5.94. The lowest BCUT2D eigenvalue weighted by molar-refractivity contribution is 0.0124. The van der Waals surface area contributed by atoms with Crippen LogP contribution in [0.4, 0.5) is 0 Å². The number of guanidine groups is 1. The minimum absolute atomic E-state index is 0.185. The van der Waals surface area contributed by atoms with Gasteiger partial charge in [0.25, 0.3) is 0 Å². The summed E-state index contributed by atoms with van der Waals surface area (Å²) in [6, 6.07) is 4.31. The molecule has 1 aliphatic rings. The summed E-state index contributed by atoms with van der Waals surface area (Å²) in [7, 11) is 0. The molecule has 6 heteroatoms. The van der Waals surface area contributed by atoms with Crippen LogP contribution in [0, 0.1) is 12.8 Å². The third-order valence-corrected chi connectivity index (χ3v) is 5.05. The molecular weight excluding hydrogens is 328 g/mol. The van der Waals surface area contributed by atoms with Crippen LogP contribution in [0.1, 0.15) is 51.2 Å². The molecule has 1 saturated heterocycles. The number of hydrogen-bond donors (Lipinski definition) is 2. The van der Waals surface area contributed by atoms with Crippen molar-refractivity contribution < 1.29 is 9.15 Å². The number of furan rings is 1. The Labute approximate surface area is 158 Å². The Hall–Kier alpha value is -1.53. The standard InChI is InChI=1S/C20H36N4O2/c1-5-17(6-2)14-22-20(21-7-3)23-15-18(19-9-8-16(4)26-19)24-10-12-25-13-11-24/h8-9,17-18H,5-7,10-15H2,1-4H3,(H2,21,22,23). The van der Waals surface area contributed by atoms with E-state index in [1.807, 2.05) is 13.0 Å².